The van der Waals surface area contributed by atoms with Crippen LogP contribution >= 0.6 is 0 Å². The minimum atomic E-state index is 0.569. The van der Waals surface area contributed by atoms with E-state index in [9.17, 15) is 0 Å². The Hall–Kier alpha value is -1.23. The van der Waals surface area contributed by atoms with Crippen molar-refractivity contribution in [3.8, 4) is 12.3 Å². The third-order valence-electron chi connectivity index (χ3n) is 2.69. The number of oxazole rings is 1. The highest BCUT2D eigenvalue weighted by Crippen LogP contribution is 2.45. The summed E-state index contributed by atoms with van der Waals surface area (Å²) in [7, 11) is 0. The highest BCUT2D eigenvalue weighted by atomic mass is 16.4. The molecule has 1 aromatic rings. The van der Waals surface area contributed by atoms with Gasteiger partial charge < -0.3 is 4.42 Å². The van der Waals surface area contributed by atoms with Gasteiger partial charge in [-0.25, -0.2) is 4.98 Å². The van der Waals surface area contributed by atoms with Gasteiger partial charge >= 0.3 is 0 Å². The number of terminal acetylenes is 1. The van der Waals surface area contributed by atoms with E-state index in [4.69, 9.17) is 10.8 Å². The van der Waals surface area contributed by atoms with Crippen molar-refractivity contribution >= 4 is 0 Å². The molecule has 0 saturated heterocycles. The summed E-state index contributed by atoms with van der Waals surface area (Å²) in [6.45, 7) is 0. The SMILES string of the molecule is C#Cc1oc(C2CC2)nc1C1CC1. The molecule has 2 aliphatic rings. The summed E-state index contributed by atoms with van der Waals surface area (Å²) in [4.78, 5) is 4.50. The molecule has 0 radical (unpaired) electrons. The zero-order valence-corrected chi connectivity index (χ0v) is 7.42. The summed E-state index contributed by atoms with van der Waals surface area (Å²) in [5, 5.41) is 0. The van der Waals surface area contributed by atoms with Crippen LogP contribution in [0.5, 0.6) is 0 Å². The second kappa shape index (κ2) is 2.38. The van der Waals surface area contributed by atoms with Gasteiger partial charge in [-0.15, -0.1) is 6.42 Å². The van der Waals surface area contributed by atoms with Gasteiger partial charge in [0.1, 0.15) is 0 Å². The Morgan fingerprint density at radius 3 is 2.46 bits per heavy atom. The lowest BCUT2D eigenvalue weighted by Gasteiger charge is -1.86. The van der Waals surface area contributed by atoms with Gasteiger partial charge in [0.2, 0.25) is 5.76 Å². The van der Waals surface area contributed by atoms with Crippen molar-refractivity contribution in [2.45, 2.75) is 37.5 Å². The van der Waals surface area contributed by atoms with Crippen LogP contribution < -0.4 is 0 Å². The van der Waals surface area contributed by atoms with E-state index in [1.54, 1.807) is 0 Å². The van der Waals surface area contributed by atoms with Gasteiger partial charge in [-0.3, -0.25) is 0 Å². The van der Waals surface area contributed by atoms with Gasteiger partial charge in [-0.05, 0) is 31.6 Å². The van der Waals surface area contributed by atoms with E-state index in [0.29, 0.717) is 17.6 Å². The normalized spacial score (nSPS) is 21.5. The van der Waals surface area contributed by atoms with E-state index in [0.717, 1.165) is 11.6 Å². The maximum absolute atomic E-state index is 5.54. The maximum atomic E-state index is 5.54. The van der Waals surface area contributed by atoms with Crippen LogP contribution in [0.2, 0.25) is 0 Å². The molecule has 66 valence electrons. The molecular formula is C11H11NO. The highest BCUT2D eigenvalue weighted by molar-refractivity contribution is 5.33. The molecule has 0 atom stereocenters. The molecule has 0 aromatic carbocycles. The van der Waals surface area contributed by atoms with Crippen molar-refractivity contribution in [2.24, 2.45) is 0 Å². The number of aromatic nitrogens is 1. The lowest BCUT2D eigenvalue weighted by atomic mass is 10.2. The van der Waals surface area contributed by atoms with Gasteiger partial charge in [-0.1, -0.05) is 0 Å². The van der Waals surface area contributed by atoms with Crippen LogP contribution in [0.3, 0.4) is 0 Å². The summed E-state index contributed by atoms with van der Waals surface area (Å²) < 4.78 is 5.54. The van der Waals surface area contributed by atoms with Crippen molar-refractivity contribution in [3.05, 3.63) is 17.3 Å². The fourth-order valence-corrected chi connectivity index (χ4v) is 1.59. The molecule has 2 heteroatoms. The van der Waals surface area contributed by atoms with Crippen LogP contribution in [-0.2, 0) is 0 Å². The van der Waals surface area contributed by atoms with E-state index in [1.165, 1.54) is 25.7 Å². The lowest BCUT2D eigenvalue weighted by Crippen LogP contribution is -1.83. The van der Waals surface area contributed by atoms with Gasteiger partial charge in [0.05, 0.1) is 5.69 Å². The van der Waals surface area contributed by atoms with Crippen LogP contribution in [0.15, 0.2) is 4.42 Å². The number of nitrogens with zero attached hydrogens (tertiary/aromatic N) is 1. The second-order valence-electron chi connectivity index (χ2n) is 3.96. The topological polar surface area (TPSA) is 26.0 Å². The highest BCUT2D eigenvalue weighted by Gasteiger charge is 2.34. The standard InChI is InChI=1S/C11H11NO/c1-2-9-10(7-3-4-7)12-11(13-9)8-5-6-8/h1,7-8H,3-6H2. The molecule has 3 rings (SSSR count). The molecule has 0 bridgehead atoms. The molecule has 2 saturated carbocycles. The molecule has 0 unspecified atom stereocenters. The minimum absolute atomic E-state index is 0.569. The Kier molecular flexibility index (Phi) is 1.32. The first-order valence-corrected chi connectivity index (χ1v) is 4.85. The number of hydrogen-bond donors (Lipinski definition) is 0. The molecule has 2 aliphatic carbocycles. The third-order valence-corrected chi connectivity index (χ3v) is 2.69. The smallest absolute Gasteiger partial charge is 0.200 e. The Bertz CT molecular complexity index is 377. The first-order chi connectivity index (χ1) is 6.38. The molecule has 1 heterocycles. The first kappa shape index (κ1) is 7.20. The Morgan fingerprint density at radius 1 is 1.23 bits per heavy atom. The van der Waals surface area contributed by atoms with Crippen molar-refractivity contribution in [2.75, 3.05) is 0 Å². The van der Waals surface area contributed by atoms with Crippen molar-refractivity contribution in [1.29, 1.82) is 0 Å². The molecule has 13 heavy (non-hydrogen) atoms. The summed E-state index contributed by atoms with van der Waals surface area (Å²) >= 11 is 0. The van der Waals surface area contributed by atoms with Crippen LogP contribution in [0.25, 0.3) is 0 Å². The molecular weight excluding hydrogens is 162 g/mol. The van der Waals surface area contributed by atoms with Gasteiger partial charge in [0, 0.05) is 11.8 Å². The zero-order valence-electron chi connectivity index (χ0n) is 7.42. The number of hydrogen-bond acceptors (Lipinski definition) is 2. The zero-order chi connectivity index (χ0) is 8.84. The quantitative estimate of drug-likeness (QED) is 0.642. The van der Waals surface area contributed by atoms with E-state index in [1.807, 2.05) is 0 Å². The molecule has 0 spiro atoms. The van der Waals surface area contributed by atoms with Crippen LogP contribution in [0, 0.1) is 12.3 Å². The van der Waals surface area contributed by atoms with Crippen LogP contribution in [-0.4, -0.2) is 4.98 Å². The minimum Gasteiger partial charge on any atom is -0.432 e. The largest absolute Gasteiger partial charge is 0.432 e. The summed E-state index contributed by atoms with van der Waals surface area (Å²) in [5.74, 6) is 5.33. The van der Waals surface area contributed by atoms with E-state index in [-0.39, 0.29) is 0 Å². The predicted octanol–water partition coefficient (Wildman–Crippen LogP) is 2.41. The Morgan fingerprint density at radius 2 is 1.92 bits per heavy atom. The first-order valence-electron chi connectivity index (χ1n) is 4.85. The second-order valence-corrected chi connectivity index (χ2v) is 3.96. The average molecular weight is 173 g/mol. The van der Waals surface area contributed by atoms with Crippen molar-refractivity contribution < 1.29 is 4.42 Å². The molecule has 2 nitrogen and oxygen atoms in total. The van der Waals surface area contributed by atoms with E-state index >= 15 is 0 Å². The maximum Gasteiger partial charge on any atom is 0.200 e. The molecule has 0 aliphatic heterocycles. The van der Waals surface area contributed by atoms with Gasteiger partial charge in [-0.2, -0.15) is 0 Å². The average Bonchev–Trinajstić information content (AvgIpc) is 3.02. The Labute approximate surface area is 77.4 Å². The van der Waals surface area contributed by atoms with Gasteiger partial charge in [0.25, 0.3) is 0 Å². The summed E-state index contributed by atoms with van der Waals surface area (Å²) in [5.41, 5.74) is 1.05. The predicted molar refractivity (Wildman–Crippen MR) is 48.4 cm³/mol. The fourth-order valence-electron chi connectivity index (χ4n) is 1.59. The van der Waals surface area contributed by atoms with Crippen LogP contribution in [0.4, 0.5) is 0 Å². The lowest BCUT2D eigenvalue weighted by molar-refractivity contribution is 0.487. The van der Waals surface area contributed by atoms with Crippen molar-refractivity contribution in [3.63, 3.8) is 0 Å². The Balaban J connectivity index is 2.01. The molecule has 2 fully saturated rings. The number of rotatable bonds is 2. The monoisotopic (exact) mass is 173 g/mol. The van der Waals surface area contributed by atoms with E-state index in [2.05, 4.69) is 10.9 Å². The third kappa shape index (κ3) is 1.16. The summed E-state index contributed by atoms with van der Waals surface area (Å²) in [6.07, 6.45) is 10.3. The van der Waals surface area contributed by atoms with Crippen LogP contribution in [0.1, 0.15) is 54.9 Å². The molecule has 0 amide bonds. The van der Waals surface area contributed by atoms with E-state index < -0.39 is 0 Å². The van der Waals surface area contributed by atoms with Gasteiger partial charge in [0.15, 0.2) is 5.89 Å². The summed E-state index contributed by atoms with van der Waals surface area (Å²) in [6, 6.07) is 0. The fraction of sp³-hybridized carbons (Fsp3) is 0.545. The molecule has 1 aromatic heterocycles. The molecule has 0 N–H and O–H groups in total. The van der Waals surface area contributed by atoms with Crippen molar-refractivity contribution in [1.82, 2.24) is 4.98 Å².